The molecule has 6 aromatic rings. The highest BCUT2D eigenvalue weighted by atomic mass is 35.5. The largest absolute Gasteiger partial charge is 0.493 e. The minimum Gasteiger partial charge on any atom is -0.493 e. The van der Waals surface area contributed by atoms with Crippen LogP contribution in [0.4, 0.5) is 0 Å². The van der Waals surface area contributed by atoms with Gasteiger partial charge in [-0.25, -0.2) is 19.2 Å². The first-order chi connectivity index (χ1) is 42.1. The first kappa shape index (κ1) is 65.7. The molecular formula is C65H70Cl4N2O16. The van der Waals surface area contributed by atoms with Crippen molar-refractivity contribution in [3.63, 3.8) is 0 Å². The van der Waals surface area contributed by atoms with Crippen molar-refractivity contribution < 1.29 is 76.0 Å². The predicted octanol–water partition coefficient (Wildman–Crippen LogP) is 12.1. The van der Waals surface area contributed by atoms with E-state index in [0.29, 0.717) is 104 Å². The van der Waals surface area contributed by atoms with Crippen LogP contribution in [-0.4, -0.2) is 142 Å². The van der Waals surface area contributed by atoms with Crippen LogP contribution >= 0.6 is 46.4 Å². The molecule has 0 spiro atoms. The molecule has 464 valence electrons. The van der Waals surface area contributed by atoms with E-state index in [4.69, 9.17) is 103 Å². The third-order valence-corrected chi connectivity index (χ3v) is 16.7. The second-order valence-corrected chi connectivity index (χ2v) is 22.1. The summed E-state index contributed by atoms with van der Waals surface area (Å²) in [5, 5.41) is 0.182. The molecule has 0 saturated heterocycles. The summed E-state index contributed by atoms with van der Waals surface area (Å²) in [5.41, 5.74) is 5.49. The molecule has 2 heterocycles. The maximum Gasteiger partial charge on any atom is 0.348 e. The van der Waals surface area contributed by atoms with E-state index in [1.807, 2.05) is 60.7 Å². The third kappa shape index (κ3) is 15.9. The van der Waals surface area contributed by atoms with Crippen molar-refractivity contribution in [1.82, 2.24) is 9.80 Å². The minimum absolute atomic E-state index is 0.0454. The van der Waals surface area contributed by atoms with Crippen LogP contribution in [-0.2, 0) is 54.2 Å². The van der Waals surface area contributed by atoms with Crippen LogP contribution in [0, 0.1) is 0 Å². The van der Waals surface area contributed by atoms with Gasteiger partial charge in [-0.3, -0.25) is 9.80 Å². The van der Waals surface area contributed by atoms with E-state index in [1.54, 1.807) is 69.0 Å². The van der Waals surface area contributed by atoms with Crippen LogP contribution in [0.5, 0.6) is 46.0 Å². The van der Waals surface area contributed by atoms with Crippen LogP contribution in [0.25, 0.3) is 0 Å². The highest BCUT2D eigenvalue weighted by Crippen LogP contribution is 2.43. The van der Waals surface area contributed by atoms with Gasteiger partial charge < -0.3 is 56.8 Å². The summed E-state index contributed by atoms with van der Waals surface area (Å²) in [7, 11) is 12.5. The summed E-state index contributed by atoms with van der Waals surface area (Å²) in [4.78, 5) is 60.8. The van der Waals surface area contributed by atoms with Gasteiger partial charge in [-0.1, -0.05) is 70.7 Å². The first-order valence-electron chi connectivity index (χ1n) is 28.1. The van der Waals surface area contributed by atoms with E-state index in [2.05, 4.69) is 9.80 Å². The van der Waals surface area contributed by atoms with E-state index in [0.717, 1.165) is 33.4 Å². The number of rotatable bonds is 28. The van der Waals surface area contributed by atoms with E-state index in [1.165, 1.54) is 24.3 Å². The molecule has 4 unspecified atom stereocenters. The number of halogens is 4. The number of benzene rings is 6. The van der Waals surface area contributed by atoms with E-state index < -0.39 is 36.1 Å². The van der Waals surface area contributed by atoms with Gasteiger partial charge in [0.1, 0.15) is 0 Å². The molecule has 6 aromatic carbocycles. The van der Waals surface area contributed by atoms with Crippen LogP contribution < -0.4 is 37.9 Å². The molecule has 0 aromatic heterocycles. The smallest absolute Gasteiger partial charge is 0.348 e. The lowest BCUT2D eigenvalue weighted by Gasteiger charge is -2.39. The number of carbonyl (C=O) groups is 4. The summed E-state index contributed by atoms with van der Waals surface area (Å²) >= 11 is 25.9. The van der Waals surface area contributed by atoms with E-state index in [-0.39, 0.29) is 69.6 Å². The average molecular weight is 1280 g/mol. The van der Waals surface area contributed by atoms with E-state index in [9.17, 15) is 19.2 Å². The molecule has 87 heavy (non-hydrogen) atoms. The number of esters is 4. The summed E-state index contributed by atoms with van der Waals surface area (Å²) < 4.78 is 69.0. The fourth-order valence-electron chi connectivity index (χ4n) is 11.0. The molecule has 8 rings (SSSR count). The number of carbonyl (C=O) groups excluding carboxylic acids is 4. The summed E-state index contributed by atoms with van der Waals surface area (Å²) in [6.45, 7) is 0.612. The third-order valence-electron chi connectivity index (χ3n) is 15.4. The summed E-state index contributed by atoms with van der Waals surface area (Å²) in [6, 6.07) is 27.5. The van der Waals surface area contributed by atoms with Crippen LogP contribution in [0.15, 0.2) is 97.1 Å². The van der Waals surface area contributed by atoms with Crippen molar-refractivity contribution in [1.29, 1.82) is 0 Å². The highest BCUT2D eigenvalue weighted by Gasteiger charge is 2.38. The number of fused-ring (bicyclic) bond motifs is 2. The maximum atomic E-state index is 14.3. The number of hydrogen-bond acceptors (Lipinski definition) is 18. The van der Waals surface area contributed by atoms with Crippen molar-refractivity contribution in [3.05, 3.63) is 162 Å². The van der Waals surface area contributed by atoms with Crippen molar-refractivity contribution in [2.24, 2.45) is 0 Å². The Morgan fingerprint density at radius 3 is 1.11 bits per heavy atom. The Labute approximate surface area is 526 Å². The standard InChI is InChI=1S/C65H70Cl4N2O16/c1-76-50-20-18-38(30-52(50)78-3)28-48-42-34-56(82-7)54(80-5)32-40(42)22-24-70(48)36-58(86-64(74)60-44(66)14-12-15-45(60)67)62(72)84-26-10-9-11-27-85-63(73)59(87-65(75)61-46(68)16-13-17-47(61)69)37-71-25-23-41-33-55(81-6)57(83-8)35-43(41)49(71)29-39-19-21-51(77-2)53(31-39)79-4/h12-21,30-35,48-49,58-59H,9-11,22-29,36-37H2,1-8H3. The van der Waals surface area contributed by atoms with Gasteiger partial charge in [-0.15, -0.1) is 0 Å². The van der Waals surface area contributed by atoms with Crippen molar-refractivity contribution >= 4 is 70.3 Å². The SMILES string of the molecule is COc1ccc(CC2c3cc(OC)c(OC)cc3CCN2CC(OC(=O)c2c(Cl)cccc2Cl)C(=O)OCCCCCOC(=O)C(CN2CCc3cc(OC)c(OC)cc3C2Cc2ccc(OC)c(OC)c2)OC(=O)c2c(Cl)cccc2Cl)cc1OC. The first-order valence-corrected chi connectivity index (χ1v) is 29.6. The van der Waals surface area contributed by atoms with E-state index >= 15 is 0 Å². The van der Waals surface area contributed by atoms with Gasteiger partial charge in [0.05, 0.1) is 101 Å². The Morgan fingerprint density at radius 2 is 0.770 bits per heavy atom. The van der Waals surface area contributed by atoms with Gasteiger partial charge in [0.2, 0.25) is 12.2 Å². The van der Waals surface area contributed by atoms with Gasteiger partial charge in [0.25, 0.3) is 0 Å². The number of nitrogens with zero attached hydrogens (tertiary/aromatic N) is 2. The molecule has 2 aliphatic rings. The Morgan fingerprint density at radius 1 is 0.437 bits per heavy atom. The lowest BCUT2D eigenvalue weighted by atomic mass is 9.87. The monoisotopic (exact) mass is 1270 g/mol. The zero-order valence-electron chi connectivity index (χ0n) is 49.7. The Balaban J connectivity index is 0.975. The molecular weight excluding hydrogens is 1210 g/mol. The molecule has 0 aliphatic carbocycles. The van der Waals surface area contributed by atoms with Gasteiger partial charge in [0.15, 0.2) is 46.0 Å². The Bertz CT molecular complexity index is 3160. The van der Waals surface area contributed by atoms with Crippen molar-refractivity contribution in [2.45, 2.75) is 69.2 Å². The molecule has 4 atom stereocenters. The van der Waals surface area contributed by atoms with Gasteiger partial charge in [-0.2, -0.15) is 0 Å². The highest BCUT2D eigenvalue weighted by molar-refractivity contribution is 6.40. The predicted molar refractivity (Wildman–Crippen MR) is 329 cm³/mol. The molecule has 0 N–H and O–H groups in total. The Hall–Kier alpha value is -7.32. The zero-order chi connectivity index (χ0) is 62.3. The Kier molecular flexibility index (Phi) is 23.4. The normalized spacial score (nSPS) is 15.4. The summed E-state index contributed by atoms with van der Waals surface area (Å²) in [5.74, 6) is 0.985. The quantitative estimate of drug-likeness (QED) is 0.0256. The molecule has 0 amide bonds. The van der Waals surface area contributed by atoms with Gasteiger partial charge in [-0.05, 0) is 151 Å². The maximum absolute atomic E-state index is 14.3. The number of unbranched alkanes of at least 4 members (excludes halogenated alkanes) is 2. The number of ether oxygens (including phenoxy) is 12. The van der Waals surface area contributed by atoms with Crippen LogP contribution in [0.1, 0.15) is 85.4 Å². The second-order valence-electron chi connectivity index (χ2n) is 20.5. The van der Waals surface area contributed by atoms with Gasteiger partial charge in [0, 0.05) is 38.3 Å². The number of methoxy groups -OCH3 is 8. The number of hydrogen-bond donors (Lipinski definition) is 0. The molecule has 18 nitrogen and oxygen atoms in total. The molecule has 0 bridgehead atoms. The zero-order valence-corrected chi connectivity index (χ0v) is 52.7. The van der Waals surface area contributed by atoms with Crippen LogP contribution in [0.2, 0.25) is 20.1 Å². The lowest BCUT2D eigenvalue weighted by molar-refractivity contribution is -0.155. The minimum atomic E-state index is -1.45. The fourth-order valence-corrected chi connectivity index (χ4v) is 12.1. The fraction of sp³-hybridized carbons (Fsp3) is 0.385. The van der Waals surface area contributed by atoms with Crippen molar-refractivity contribution in [2.75, 3.05) is 96.3 Å². The molecule has 0 fully saturated rings. The molecule has 22 heteroatoms. The second kappa shape index (κ2) is 31.0. The van der Waals surface area contributed by atoms with Crippen LogP contribution in [0.3, 0.4) is 0 Å². The van der Waals surface area contributed by atoms with Gasteiger partial charge >= 0.3 is 23.9 Å². The average Bonchev–Trinajstić information content (AvgIpc) is 1.67. The topological polar surface area (TPSA) is 186 Å². The molecule has 0 saturated carbocycles. The molecule has 2 aliphatic heterocycles. The molecule has 0 radical (unpaired) electrons. The summed E-state index contributed by atoms with van der Waals surface area (Å²) in [6.07, 6.45) is 0.224. The van der Waals surface area contributed by atoms with Crippen molar-refractivity contribution in [3.8, 4) is 46.0 Å². The lowest BCUT2D eigenvalue weighted by Crippen LogP contribution is -2.45.